The van der Waals surface area contributed by atoms with Gasteiger partial charge < -0.3 is 9.80 Å². The summed E-state index contributed by atoms with van der Waals surface area (Å²) < 4.78 is 0. The van der Waals surface area contributed by atoms with Crippen LogP contribution in [0.4, 0.5) is 22.7 Å². The highest BCUT2D eigenvalue weighted by Gasteiger charge is 2.35. The molecular weight excluding hydrogens is 494 g/mol. The van der Waals surface area contributed by atoms with Gasteiger partial charge in [0.2, 0.25) is 0 Å². The normalized spacial score (nSPS) is 16.8. The van der Waals surface area contributed by atoms with Crippen molar-refractivity contribution in [1.82, 2.24) is 4.90 Å². The maximum absolute atomic E-state index is 13.1. The summed E-state index contributed by atoms with van der Waals surface area (Å²) in [6.07, 6.45) is 1.80. The number of fused-ring (bicyclic) bond motifs is 3. The van der Waals surface area contributed by atoms with E-state index in [1.165, 1.54) is 0 Å². The molecule has 0 spiro atoms. The van der Waals surface area contributed by atoms with Crippen LogP contribution in [0.5, 0.6) is 0 Å². The van der Waals surface area contributed by atoms with Gasteiger partial charge in [-0.2, -0.15) is 15.6 Å². The molecule has 10 heteroatoms. The molecule has 0 radical (unpaired) electrons. The largest absolute Gasteiger partial charge is 0.343 e. The van der Waals surface area contributed by atoms with Gasteiger partial charge in [0.1, 0.15) is 17.8 Å². The van der Waals surface area contributed by atoms with Crippen LogP contribution in [0, 0.1) is 39.7 Å². The lowest BCUT2D eigenvalue weighted by Gasteiger charge is -2.33. The molecular formula is C29H23N7O3. The number of non-ortho nitro benzene ring substituents is 1. The van der Waals surface area contributed by atoms with Crippen LogP contribution in [0.1, 0.15) is 52.4 Å². The van der Waals surface area contributed by atoms with E-state index in [9.17, 15) is 25.4 Å². The Morgan fingerprint density at radius 3 is 2.15 bits per heavy atom. The number of allylic oxidation sites excluding steroid dienone is 1. The molecule has 1 amide bonds. The predicted octanol–water partition coefficient (Wildman–Crippen LogP) is 6.51. The molecule has 0 aliphatic carbocycles. The summed E-state index contributed by atoms with van der Waals surface area (Å²) in [5.74, 6) is 0.0356. The second-order valence-corrected chi connectivity index (χ2v) is 9.34. The van der Waals surface area contributed by atoms with Gasteiger partial charge in [0.25, 0.3) is 11.6 Å². The van der Waals surface area contributed by atoms with Crippen molar-refractivity contribution in [2.45, 2.75) is 26.7 Å². The number of carbonyl (C=O) groups is 1. The molecule has 5 rings (SSSR count). The lowest BCUT2D eigenvalue weighted by atomic mass is 10.1. The van der Waals surface area contributed by atoms with E-state index < -0.39 is 4.92 Å². The van der Waals surface area contributed by atoms with Gasteiger partial charge in [-0.3, -0.25) is 14.9 Å². The van der Waals surface area contributed by atoms with Crippen LogP contribution in [0.3, 0.4) is 0 Å². The first kappa shape index (κ1) is 25.3. The molecule has 0 unspecified atom stereocenters. The number of azo groups is 1. The first-order valence-electron chi connectivity index (χ1n) is 12.4. The van der Waals surface area contributed by atoms with Gasteiger partial charge in [0.15, 0.2) is 0 Å². The van der Waals surface area contributed by atoms with Gasteiger partial charge >= 0.3 is 0 Å². The molecule has 2 aliphatic heterocycles. The Morgan fingerprint density at radius 1 is 0.897 bits per heavy atom. The summed E-state index contributed by atoms with van der Waals surface area (Å²) in [6.45, 7) is 5.40. The van der Waals surface area contributed by atoms with Gasteiger partial charge in [0.05, 0.1) is 27.4 Å². The fourth-order valence-electron chi connectivity index (χ4n) is 5.06. The number of amides is 1. The van der Waals surface area contributed by atoms with Crippen molar-refractivity contribution < 1.29 is 9.72 Å². The van der Waals surface area contributed by atoms with Crippen LogP contribution >= 0.6 is 0 Å². The van der Waals surface area contributed by atoms with E-state index in [0.29, 0.717) is 12.2 Å². The Hall–Kier alpha value is -5.35. The second-order valence-electron chi connectivity index (χ2n) is 9.34. The number of hydrogen-bond acceptors (Lipinski definition) is 8. The summed E-state index contributed by atoms with van der Waals surface area (Å²) in [6, 6.07) is 19.3. The molecule has 192 valence electrons. The first-order valence-corrected chi connectivity index (χ1v) is 12.4. The summed E-state index contributed by atoms with van der Waals surface area (Å²) in [7, 11) is 0. The summed E-state index contributed by atoms with van der Waals surface area (Å²) in [4.78, 5) is 27.7. The second kappa shape index (κ2) is 10.2. The number of rotatable bonds is 4. The van der Waals surface area contributed by atoms with Gasteiger partial charge in [-0.25, -0.2) is 0 Å². The van der Waals surface area contributed by atoms with Crippen LogP contribution in [0.15, 0.2) is 70.5 Å². The highest BCUT2D eigenvalue weighted by Crippen LogP contribution is 2.39. The number of nitrogens with zero attached hydrogens (tertiary/aromatic N) is 7. The predicted molar refractivity (Wildman–Crippen MR) is 145 cm³/mol. The SMILES string of the molecule is C/C1=C2/c3ccccc3C(=O)N2CCCCN1c1ccc(N=Nc2c(C#N)cc([N+](=O)[O-])cc2C#N)c(C)c1. The highest BCUT2D eigenvalue weighted by molar-refractivity contribution is 6.10. The average molecular weight is 518 g/mol. The van der Waals surface area contributed by atoms with E-state index in [1.807, 2.05) is 67.3 Å². The van der Waals surface area contributed by atoms with E-state index in [0.717, 1.165) is 65.3 Å². The highest BCUT2D eigenvalue weighted by atomic mass is 16.6. The van der Waals surface area contributed by atoms with Gasteiger partial charge in [-0.05, 0) is 56.5 Å². The van der Waals surface area contributed by atoms with Gasteiger partial charge in [0, 0.05) is 47.7 Å². The molecule has 0 fully saturated rings. The zero-order valence-electron chi connectivity index (χ0n) is 21.4. The van der Waals surface area contributed by atoms with Crippen molar-refractivity contribution in [2.75, 3.05) is 18.0 Å². The molecule has 0 bridgehead atoms. The summed E-state index contributed by atoms with van der Waals surface area (Å²) in [5, 5.41) is 38.5. The third-order valence-electron chi connectivity index (χ3n) is 6.98. The number of nitriles is 2. The molecule has 3 aromatic carbocycles. The minimum absolute atomic E-state index is 0.0110. The minimum atomic E-state index is -0.660. The van der Waals surface area contributed by atoms with Crippen molar-refractivity contribution in [3.63, 3.8) is 0 Å². The third kappa shape index (κ3) is 4.49. The van der Waals surface area contributed by atoms with Crippen LogP contribution in [-0.2, 0) is 0 Å². The molecule has 0 aromatic heterocycles. The van der Waals surface area contributed by atoms with E-state index in [-0.39, 0.29) is 28.4 Å². The number of hydrogen-bond donors (Lipinski definition) is 0. The molecule has 2 aliphatic rings. The fraction of sp³-hybridized carbons (Fsp3) is 0.207. The first-order chi connectivity index (χ1) is 18.8. The number of anilines is 1. The maximum atomic E-state index is 13.1. The Bertz CT molecular complexity index is 1640. The van der Waals surface area contributed by atoms with E-state index in [2.05, 4.69) is 15.1 Å². The summed E-state index contributed by atoms with van der Waals surface area (Å²) >= 11 is 0. The van der Waals surface area contributed by atoms with Crippen molar-refractivity contribution >= 4 is 34.4 Å². The molecule has 0 saturated heterocycles. The number of carbonyl (C=O) groups excluding carboxylic acids is 1. The summed E-state index contributed by atoms with van der Waals surface area (Å²) in [5.41, 5.74) is 5.32. The lowest BCUT2D eigenvalue weighted by molar-refractivity contribution is -0.384. The Kier molecular flexibility index (Phi) is 6.61. The van der Waals surface area contributed by atoms with Crippen LogP contribution in [0.25, 0.3) is 5.70 Å². The fourth-order valence-corrected chi connectivity index (χ4v) is 5.06. The van der Waals surface area contributed by atoms with Gasteiger partial charge in [-0.1, -0.05) is 18.2 Å². The standard InChI is InChI=1S/C29H23N7O3/c1-18-13-22(9-10-26(18)32-33-27-20(16-30)14-23(36(38)39)15-21(27)17-31)34-11-5-6-12-35-28(19(34)2)24-7-3-4-8-25(24)29(35)37/h3-4,7-10,13-15H,5-6,11-12H2,1-2H3/b28-19+,33-32?. The Balaban J connectivity index is 1.51. The third-order valence-corrected chi connectivity index (χ3v) is 6.98. The zero-order valence-corrected chi connectivity index (χ0v) is 21.4. The van der Waals surface area contributed by atoms with Crippen LogP contribution < -0.4 is 4.90 Å². The van der Waals surface area contributed by atoms with Crippen molar-refractivity contribution in [2.24, 2.45) is 10.2 Å². The molecule has 0 atom stereocenters. The van der Waals surface area contributed by atoms with Crippen molar-refractivity contribution in [3.05, 3.63) is 98.2 Å². The lowest BCUT2D eigenvalue weighted by Crippen LogP contribution is -2.33. The molecule has 2 heterocycles. The number of nitro benzene ring substituents is 1. The van der Waals surface area contributed by atoms with E-state index >= 15 is 0 Å². The van der Waals surface area contributed by atoms with Crippen LogP contribution in [-0.4, -0.2) is 28.8 Å². The smallest absolute Gasteiger partial charge is 0.272 e. The molecule has 10 nitrogen and oxygen atoms in total. The Morgan fingerprint density at radius 2 is 1.54 bits per heavy atom. The number of aryl methyl sites for hydroxylation is 1. The monoisotopic (exact) mass is 517 g/mol. The number of benzene rings is 3. The molecule has 39 heavy (non-hydrogen) atoms. The molecule has 0 saturated carbocycles. The van der Waals surface area contributed by atoms with Gasteiger partial charge in [-0.15, -0.1) is 5.11 Å². The zero-order chi connectivity index (χ0) is 27.7. The topological polar surface area (TPSA) is 139 Å². The number of nitro groups is 1. The quantitative estimate of drug-likeness (QED) is 0.220. The maximum Gasteiger partial charge on any atom is 0.272 e. The molecule has 3 aromatic rings. The van der Waals surface area contributed by atoms with E-state index in [4.69, 9.17) is 0 Å². The minimum Gasteiger partial charge on any atom is -0.343 e. The van der Waals surface area contributed by atoms with Crippen LogP contribution in [0.2, 0.25) is 0 Å². The van der Waals surface area contributed by atoms with E-state index in [1.54, 1.807) is 6.07 Å². The van der Waals surface area contributed by atoms with Crippen molar-refractivity contribution in [3.8, 4) is 12.1 Å². The Labute approximate surface area is 224 Å². The van der Waals surface area contributed by atoms with Crippen molar-refractivity contribution in [1.29, 1.82) is 10.5 Å². The molecule has 0 N–H and O–H groups in total. The average Bonchev–Trinajstić information content (AvgIpc) is 3.21.